The van der Waals surface area contributed by atoms with Gasteiger partial charge in [0.15, 0.2) is 0 Å². The van der Waals surface area contributed by atoms with Gasteiger partial charge in [-0.2, -0.15) is 0 Å². The number of morpholine rings is 1. The number of aliphatic hydroxyl groups is 1. The minimum Gasteiger partial charge on any atom is -0.495 e. The third-order valence-electron chi connectivity index (χ3n) is 6.28. The predicted molar refractivity (Wildman–Crippen MR) is 137 cm³/mol. The molecule has 5 rings (SSSR count). The number of benzene rings is 2. The van der Waals surface area contributed by atoms with E-state index >= 15 is 0 Å². The second kappa shape index (κ2) is 9.69. The number of methoxy groups -OCH3 is 1. The van der Waals surface area contributed by atoms with Crippen molar-refractivity contribution in [2.45, 2.75) is 13.0 Å². The van der Waals surface area contributed by atoms with Gasteiger partial charge in [-0.05, 0) is 42.3 Å². The van der Waals surface area contributed by atoms with Crippen LogP contribution in [0.4, 0.5) is 11.4 Å². The Labute approximate surface area is 207 Å². The number of halogens is 1. The third kappa shape index (κ3) is 4.62. The van der Waals surface area contributed by atoms with Gasteiger partial charge in [0, 0.05) is 31.5 Å². The second-order valence-electron chi connectivity index (χ2n) is 8.56. The number of aromatic hydroxyl groups is 1. The Morgan fingerprint density at radius 1 is 1.26 bits per heavy atom. The summed E-state index contributed by atoms with van der Waals surface area (Å²) in [5, 5.41) is 24.8. The first kappa shape index (κ1) is 23.3. The van der Waals surface area contributed by atoms with Crippen molar-refractivity contribution in [1.82, 2.24) is 15.0 Å². The Morgan fingerprint density at radius 2 is 2.06 bits per heavy atom. The number of aliphatic hydroxyl groups excluding tert-OH is 1. The molecule has 4 aromatic rings. The molecule has 1 atom stereocenters. The lowest BCUT2D eigenvalue weighted by Gasteiger charge is -2.29. The van der Waals surface area contributed by atoms with Crippen molar-refractivity contribution in [3.05, 3.63) is 52.7 Å². The molecule has 0 spiro atoms. The average Bonchev–Trinajstić information content (AvgIpc) is 3.46. The van der Waals surface area contributed by atoms with Crippen LogP contribution in [0, 0.1) is 6.92 Å². The van der Waals surface area contributed by atoms with Crippen LogP contribution in [0.15, 0.2) is 36.5 Å². The number of rotatable bonds is 7. The summed E-state index contributed by atoms with van der Waals surface area (Å²) in [6.45, 7) is 5.36. The number of aryl methyl sites for hydroxylation is 1. The monoisotopic (exact) mass is 497 g/mol. The van der Waals surface area contributed by atoms with E-state index in [0.29, 0.717) is 46.6 Å². The quantitative estimate of drug-likeness (QED) is 0.259. The van der Waals surface area contributed by atoms with E-state index in [-0.39, 0.29) is 12.4 Å². The fourth-order valence-corrected chi connectivity index (χ4v) is 4.67. The van der Waals surface area contributed by atoms with Gasteiger partial charge in [0.05, 0.1) is 48.2 Å². The van der Waals surface area contributed by atoms with Crippen molar-refractivity contribution < 1.29 is 19.7 Å². The number of imidazole rings is 1. The van der Waals surface area contributed by atoms with Crippen LogP contribution in [0.3, 0.4) is 0 Å². The summed E-state index contributed by atoms with van der Waals surface area (Å²) in [7, 11) is 1.54. The van der Waals surface area contributed by atoms with Gasteiger partial charge < -0.3 is 39.9 Å². The molecule has 184 valence electrons. The summed E-state index contributed by atoms with van der Waals surface area (Å²) in [6, 6.07) is 9.37. The van der Waals surface area contributed by atoms with Crippen LogP contribution in [0.25, 0.3) is 22.4 Å². The molecule has 0 aliphatic carbocycles. The molecule has 0 saturated carbocycles. The highest BCUT2D eigenvalue weighted by atomic mass is 35.5. The SMILES string of the molecule is COc1ccc([C@H](O)CNc2c[nH]c(O)c2-c2nc3c(C)cc(N4CCOCC4)cc3[nH]2)cc1Cl. The Kier molecular flexibility index (Phi) is 6.46. The van der Waals surface area contributed by atoms with Gasteiger partial charge in [-0.3, -0.25) is 0 Å². The number of nitrogens with one attached hydrogen (secondary N) is 3. The normalized spacial score (nSPS) is 14.9. The van der Waals surface area contributed by atoms with Crippen molar-refractivity contribution in [1.29, 1.82) is 0 Å². The fourth-order valence-electron chi connectivity index (χ4n) is 4.40. The van der Waals surface area contributed by atoms with Gasteiger partial charge in [0.1, 0.15) is 17.1 Å². The van der Waals surface area contributed by atoms with E-state index in [1.54, 1.807) is 31.5 Å². The Bertz CT molecular complexity index is 1350. The molecule has 0 bridgehead atoms. The number of H-pyrrole nitrogens is 2. The summed E-state index contributed by atoms with van der Waals surface area (Å²) in [5.74, 6) is 1.07. The smallest absolute Gasteiger partial charge is 0.201 e. The lowest BCUT2D eigenvalue weighted by molar-refractivity contribution is 0.122. The maximum absolute atomic E-state index is 10.7. The molecule has 2 aromatic heterocycles. The van der Waals surface area contributed by atoms with Gasteiger partial charge in [-0.15, -0.1) is 0 Å². The third-order valence-corrected chi connectivity index (χ3v) is 6.58. The van der Waals surface area contributed by atoms with E-state index in [4.69, 9.17) is 26.1 Å². The highest BCUT2D eigenvalue weighted by molar-refractivity contribution is 6.32. The summed E-state index contributed by atoms with van der Waals surface area (Å²) in [6.07, 6.45) is 0.828. The summed E-state index contributed by atoms with van der Waals surface area (Å²) >= 11 is 6.20. The largest absolute Gasteiger partial charge is 0.495 e. The average molecular weight is 498 g/mol. The van der Waals surface area contributed by atoms with Gasteiger partial charge in [-0.1, -0.05) is 17.7 Å². The van der Waals surface area contributed by atoms with Crippen LogP contribution in [0.1, 0.15) is 17.2 Å². The molecule has 0 unspecified atom stereocenters. The number of aromatic nitrogens is 3. The number of ether oxygens (including phenoxy) is 2. The molecule has 9 nitrogen and oxygen atoms in total. The zero-order chi connectivity index (χ0) is 24.5. The molecule has 0 amide bonds. The maximum Gasteiger partial charge on any atom is 0.201 e. The van der Waals surface area contributed by atoms with Crippen molar-refractivity contribution in [3.8, 4) is 23.0 Å². The summed E-state index contributed by atoms with van der Waals surface area (Å²) in [4.78, 5) is 13.3. The van der Waals surface area contributed by atoms with Crippen LogP contribution < -0.4 is 15.0 Å². The highest BCUT2D eigenvalue weighted by Gasteiger charge is 2.20. The number of anilines is 2. The zero-order valence-electron chi connectivity index (χ0n) is 19.6. The van der Waals surface area contributed by atoms with Crippen LogP contribution >= 0.6 is 11.6 Å². The van der Waals surface area contributed by atoms with E-state index in [2.05, 4.69) is 32.3 Å². The Morgan fingerprint density at radius 3 is 2.80 bits per heavy atom. The Hall–Kier alpha value is -3.40. The minimum absolute atomic E-state index is 0.0143. The highest BCUT2D eigenvalue weighted by Crippen LogP contribution is 2.37. The molecule has 1 fully saturated rings. The van der Waals surface area contributed by atoms with E-state index in [0.717, 1.165) is 35.4 Å². The number of hydrogen-bond acceptors (Lipinski definition) is 7. The molecule has 10 heteroatoms. The lowest BCUT2D eigenvalue weighted by Crippen LogP contribution is -2.36. The van der Waals surface area contributed by atoms with Gasteiger partial charge >= 0.3 is 0 Å². The van der Waals surface area contributed by atoms with Crippen molar-refractivity contribution in [3.63, 3.8) is 0 Å². The van der Waals surface area contributed by atoms with Crippen LogP contribution in [0.2, 0.25) is 5.02 Å². The standard InChI is InChI=1S/C25H28ClN5O4/c1-14-9-16(31-5-7-35-8-6-31)11-18-23(14)30-24(29-18)22-19(12-28-25(22)33)27-13-20(32)15-3-4-21(34-2)17(26)10-15/h3-4,9-12,20,27-28,32-33H,5-8,13H2,1-2H3,(H,29,30)/t20-/m1/s1. The van der Waals surface area contributed by atoms with Gasteiger partial charge in [-0.25, -0.2) is 4.98 Å². The van der Waals surface area contributed by atoms with Crippen molar-refractivity contribution >= 4 is 34.0 Å². The number of aromatic amines is 2. The van der Waals surface area contributed by atoms with Crippen molar-refractivity contribution in [2.24, 2.45) is 0 Å². The lowest BCUT2D eigenvalue weighted by atomic mass is 10.1. The maximum atomic E-state index is 10.7. The molecule has 3 heterocycles. The van der Waals surface area contributed by atoms with Crippen molar-refractivity contribution in [2.75, 3.05) is 50.2 Å². The van der Waals surface area contributed by atoms with E-state index in [9.17, 15) is 10.2 Å². The molecule has 1 aliphatic heterocycles. The molecule has 0 radical (unpaired) electrons. The number of hydrogen-bond donors (Lipinski definition) is 5. The number of fused-ring (bicyclic) bond motifs is 1. The first-order chi connectivity index (χ1) is 16.9. The van der Waals surface area contributed by atoms with Gasteiger partial charge in [0.25, 0.3) is 0 Å². The fraction of sp³-hybridized carbons (Fsp3) is 0.320. The van der Waals surface area contributed by atoms with Crippen LogP contribution in [-0.4, -0.2) is 65.1 Å². The summed E-state index contributed by atoms with van der Waals surface area (Å²) in [5.41, 5.74) is 5.67. The topological polar surface area (TPSA) is 119 Å². The van der Waals surface area contributed by atoms with Crippen LogP contribution in [-0.2, 0) is 4.74 Å². The molecule has 1 saturated heterocycles. The minimum atomic E-state index is -0.822. The molecule has 1 aliphatic rings. The molecule has 2 aromatic carbocycles. The molecule has 35 heavy (non-hydrogen) atoms. The zero-order valence-corrected chi connectivity index (χ0v) is 20.3. The summed E-state index contributed by atoms with van der Waals surface area (Å²) < 4.78 is 10.6. The molecule has 5 N–H and O–H groups in total. The molecular weight excluding hydrogens is 470 g/mol. The first-order valence-corrected chi connectivity index (χ1v) is 11.8. The molecular formula is C25H28ClN5O4. The predicted octanol–water partition coefficient (Wildman–Crippen LogP) is 4.22. The Balaban J connectivity index is 1.39. The van der Waals surface area contributed by atoms with Gasteiger partial charge in [0.2, 0.25) is 5.88 Å². The first-order valence-electron chi connectivity index (χ1n) is 11.4. The number of nitrogens with zero attached hydrogens (tertiary/aromatic N) is 2. The van der Waals surface area contributed by atoms with E-state index in [1.807, 2.05) is 6.92 Å². The van der Waals surface area contributed by atoms with Crippen LogP contribution in [0.5, 0.6) is 11.6 Å². The van der Waals surface area contributed by atoms with E-state index in [1.165, 1.54) is 0 Å². The van der Waals surface area contributed by atoms with E-state index < -0.39 is 6.10 Å². The second-order valence-corrected chi connectivity index (χ2v) is 8.97.